The van der Waals surface area contributed by atoms with Gasteiger partial charge in [0.1, 0.15) is 11.6 Å². The molecule has 1 aliphatic heterocycles. The zero-order valence-corrected chi connectivity index (χ0v) is 11.1. The molecule has 0 saturated carbocycles. The van der Waals surface area contributed by atoms with Crippen LogP contribution in [0.25, 0.3) is 0 Å². The molecule has 0 aliphatic carbocycles. The number of hydrogen-bond acceptors (Lipinski definition) is 3. The number of piperazine rings is 1. The Balaban J connectivity index is 1.75. The molecule has 2 rings (SSSR count). The van der Waals surface area contributed by atoms with Crippen LogP contribution in [0.3, 0.4) is 0 Å². The summed E-state index contributed by atoms with van der Waals surface area (Å²) in [5.74, 6) is 0.400. The Kier molecular flexibility index (Phi) is 4.74. The third kappa shape index (κ3) is 3.92. The maximum absolute atomic E-state index is 12.7. The fourth-order valence-corrected chi connectivity index (χ4v) is 2.14. The zero-order chi connectivity index (χ0) is 13.7. The number of ether oxygens (including phenoxy) is 1. The summed E-state index contributed by atoms with van der Waals surface area (Å²) in [4.78, 5) is 13.9. The quantitative estimate of drug-likeness (QED) is 0.896. The van der Waals surface area contributed by atoms with Crippen LogP contribution >= 0.6 is 0 Å². The first-order valence-electron chi connectivity index (χ1n) is 6.55. The van der Waals surface area contributed by atoms with Crippen LogP contribution in [0.15, 0.2) is 24.3 Å². The normalized spacial score (nSPS) is 19.3. The first kappa shape index (κ1) is 13.8. The highest BCUT2D eigenvalue weighted by Crippen LogP contribution is 2.12. The van der Waals surface area contributed by atoms with Gasteiger partial charge in [-0.25, -0.2) is 4.39 Å². The van der Waals surface area contributed by atoms with Crippen LogP contribution in [0.4, 0.5) is 4.39 Å². The molecule has 0 unspecified atom stereocenters. The topological polar surface area (TPSA) is 41.6 Å². The highest BCUT2D eigenvalue weighted by molar-refractivity contribution is 5.76. The summed E-state index contributed by atoms with van der Waals surface area (Å²) in [5, 5.41) is 3.25. The predicted molar refractivity (Wildman–Crippen MR) is 70.6 cm³/mol. The number of carbonyl (C=O) groups is 1. The van der Waals surface area contributed by atoms with Crippen LogP contribution in [0.2, 0.25) is 0 Å². The Labute approximate surface area is 112 Å². The predicted octanol–water partition coefficient (Wildman–Crippen LogP) is 1.41. The van der Waals surface area contributed by atoms with Crippen LogP contribution in [-0.4, -0.2) is 43.1 Å². The Bertz CT molecular complexity index is 422. The molecule has 1 heterocycles. The molecule has 19 heavy (non-hydrogen) atoms. The maximum Gasteiger partial charge on any atom is 0.226 e. The van der Waals surface area contributed by atoms with E-state index in [2.05, 4.69) is 5.32 Å². The van der Waals surface area contributed by atoms with Gasteiger partial charge >= 0.3 is 0 Å². The van der Waals surface area contributed by atoms with Crippen molar-refractivity contribution in [3.63, 3.8) is 0 Å². The van der Waals surface area contributed by atoms with E-state index in [0.717, 1.165) is 19.6 Å². The number of nitrogens with one attached hydrogen (secondary N) is 1. The number of rotatable bonds is 4. The first-order chi connectivity index (χ1) is 9.16. The molecule has 1 saturated heterocycles. The lowest BCUT2D eigenvalue weighted by Crippen LogP contribution is -2.52. The summed E-state index contributed by atoms with van der Waals surface area (Å²) in [6, 6.07) is 6.04. The highest BCUT2D eigenvalue weighted by atomic mass is 19.1. The molecule has 4 nitrogen and oxygen atoms in total. The number of benzene rings is 1. The van der Waals surface area contributed by atoms with Crippen molar-refractivity contribution in [2.75, 3.05) is 26.2 Å². The summed E-state index contributed by atoms with van der Waals surface area (Å²) >= 11 is 0. The van der Waals surface area contributed by atoms with Gasteiger partial charge in [0.2, 0.25) is 5.91 Å². The van der Waals surface area contributed by atoms with Crippen LogP contribution in [-0.2, 0) is 4.79 Å². The van der Waals surface area contributed by atoms with E-state index < -0.39 is 0 Å². The minimum Gasteiger partial charge on any atom is -0.493 e. The van der Waals surface area contributed by atoms with Crippen molar-refractivity contribution in [3.05, 3.63) is 30.1 Å². The Morgan fingerprint density at radius 3 is 2.89 bits per heavy atom. The van der Waals surface area contributed by atoms with Gasteiger partial charge in [0.15, 0.2) is 0 Å². The van der Waals surface area contributed by atoms with Gasteiger partial charge in [0, 0.05) is 25.7 Å². The first-order valence-corrected chi connectivity index (χ1v) is 6.55. The summed E-state index contributed by atoms with van der Waals surface area (Å²) in [6.45, 7) is 4.78. The molecular formula is C14H19FN2O2. The Morgan fingerprint density at radius 2 is 2.21 bits per heavy atom. The minimum absolute atomic E-state index is 0.108. The van der Waals surface area contributed by atoms with Crippen LogP contribution in [0.5, 0.6) is 5.75 Å². The van der Waals surface area contributed by atoms with E-state index in [1.807, 2.05) is 11.8 Å². The van der Waals surface area contributed by atoms with Crippen molar-refractivity contribution >= 4 is 5.91 Å². The lowest BCUT2D eigenvalue weighted by molar-refractivity contribution is -0.134. The second-order valence-electron chi connectivity index (χ2n) is 4.69. The lowest BCUT2D eigenvalue weighted by Gasteiger charge is -2.34. The standard InChI is InChI=1S/C14H19FN2O2/c1-11-10-16-7-8-17(11)14(18)6-9-19-13-4-2-12(15)3-5-13/h2-5,11,16H,6-10H2,1H3/t11-/m0/s1. The van der Waals surface area contributed by atoms with E-state index in [-0.39, 0.29) is 17.8 Å². The summed E-state index contributed by atoms with van der Waals surface area (Å²) in [7, 11) is 0. The van der Waals surface area contributed by atoms with E-state index in [9.17, 15) is 9.18 Å². The summed E-state index contributed by atoms with van der Waals surface area (Å²) in [5.41, 5.74) is 0. The molecule has 1 aliphatic rings. The van der Waals surface area contributed by atoms with E-state index >= 15 is 0 Å². The average Bonchev–Trinajstić information content (AvgIpc) is 2.41. The monoisotopic (exact) mass is 266 g/mol. The van der Waals surface area contributed by atoms with Crippen LogP contribution in [0.1, 0.15) is 13.3 Å². The molecule has 104 valence electrons. The third-order valence-corrected chi connectivity index (χ3v) is 3.22. The summed E-state index contributed by atoms with van der Waals surface area (Å²) in [6.07, 6.45) is 0.349. The van der Waals surface area contributed by atoms with Crippen LogP contribution < -0.4 is 10.1 Å². The lowest BCUT2D eigenvalue weighted by atomic mass is 10.2. The van der Waals surface area contributed by atoms with Gasteiger partial charge < -0.3 is 15.0 Å². The van der Waals surface area contributed by atoms with Crippen molar-refractivity contribution in [3.8, 4) is 5.75 Å². The molecule has 1 atom stereocenters. The SMILES string of the molecule is C[C@H]1CNCCN1C(=O)CCOc1ccc(F)cc1. The van der Waals surface area contributed by atoms with Crippen molar-refractivity contribution in [2.24, 2.45) is 0 Å². The second-order valence-corrected chi connectivity index (χ2v) is 4.69. The number of amides is 1. The van der Waals surface area contributed by atoms with Gasteiger partial charge in [0.05, 0.1) is 13.0 Å². The molecule has 5 heteroatoms. The average molecular weight is 266 g/mol. The smallest absolute Gasteiger partial charge is 0.226 e. The van der Waals surface area contributed by atoms with Gasteiger partial charge in [0.25, 0.3) is 0 Å². The van der Waals surface area contributed by atoms with E-state index in [0.29, 0.717) is 18.8 Å². The molecule has 1 fully saturated rings. The molecule has 1 aromatic carbocycles. The molecular weight excluding hydrogens is 247 g/mol. The van der Waals surface area contributed by atoms with Crippen molar-refractivity contribution in [1.29, 1.82) is 0 Å². The summed E-state index contributed by atoms with van der Waals surface area (Å²) < 4.78 is 18.1. The van der Waals surface area contributed by atoms with E-state index in [1.165, 1.54) is 12.1 Å². The van der Waals surface area contributed by atoms with Crippen LogP contribution in [0, 0.1) is 5.82 Å². The van der Waals surface area contributed by atoms with Gasteiger partial charge in [-0.3, -0.25) is 4.79 Å². The molecule has 0 bridgehead atoms. The molecule has 0 spiro atoms. The van der Waals surface area contributed by atoms with Crippen molar-refractivity contribution in [1.82, 2.24) is 10.2 Å². The minimum atomic E-state index is -0.293. The maximum atomic E-state index is 12.7. The Hall–Kier alpha value is -1.62. The fraction of sp³-hybridized carbons (Fsp3) is 0.500. The molecule has 1 N–H and O–H groups in total. The number of carbonyl (C=O) groups excluding carboxylic acids is 1. The van der Waals surface area contributed by atoms with E-state index in [4.69, 9.17) is 4.74 Å². The highest BCUT2D eigenvalue weighted by Gasteiger charge is 2.22. The van der Waals surface area contributed by atoms with Gasteiger partial charge in [-0.05, 0) is 31.2 Å². The van der Waals surface area contributed by atoms with E-state index in [1.54, 1.807) is 12.1 Å². The number of hydrogen-bond donors (Lipinski definition) is 1. The molecule has 0 radical (unpaired) electrons. The van der Waals surface area contributed by atoms with Gasteiger partial charge in [-0.15, -0.1) is 0 Å². The van der Waals surface area contributed by atoms with Gasteiger partial charge in [-0.1, -0.05) is 0 Å². The molecule has 0 aromatic heterocycles. The number of nitrogens with zero attached hydrogens (tertiary/aromatic N) is 1. The molecule has 1 aromatic rings. The zero-order valence-electron chi connectivity index (χ0n) is 11.1. The number of halogens is 1. The fourth-order valence-electron chi connectivity index (χ4n) is 2.14. The van der Waals surface area contributed by atoms with Crippen molar-refractivity contribution < 1.29 is 13.9 Å². The Morgan fingerprint density at radius 1 is 1.47 bits per heavy atom. The largest absolute Gasteiger partial charge is 0.493 e. The second kappa shape index (κ2) is 6.52. The van der Waals surface area contributed by atoms with Crippen molar-refractivity contribution in [2.45, 2.75) is 19.4 Å². The van der Waals surface area contributed by atoms with Gasteiger partial charge in [-0.2, -0.15) is 0 Å². The molecule has 1 amide bonds. The third-order valence-electron chi connectivity index (χ3n) is 3.22.